The number of methoxy groups -OCH3 is 3. The summed E-state index contributed by atoms with van der Waals surface area (Å²) in [4.78, 5) is 11.3. The summed E-state index contributed by atoms with van der Waals surface area (Å²) < 4.78 is 22.5. The first-order valence-corrected chi connectivity index (χ1v) is 11.4. The molecule has 2 aromatic carbocycles. The molecule has 1 fully saturated rings. The highest BCUT2D eigenvalue weighted by molar-refractivity contribution is 6.32. The molecular weight excluding hydrogens is 444 g/mol. The maximum absolute atomic E-state index is 6.23. The normalized spacial score (nSPS) is 13.8. The van der Waals surface area contributed by atoms with E-state index in [1.807, 2.05) is 12.1 Å². The van der Waals surface area contributed by atoms with E-state index in [0.29, 0.717) is 46.1 Å². The minimum Gasteiger partial charge on any atom is -0.495 e. The quantitative estimate of drug-likeness (QED) is 0.417. The van der Waals surface area contributed by atoms with Crippen molar-refractivity contribution in [3.05, 3.63) is 35.6 Å². The number of halogens is 1. The van der Waals surface area contributed by atoms with Crippen LogP contribution in [0, 0.1) is 0 Å². The molecular formula is C24H29ClN4O4. The van der Waals surface area contributed by atoms with Crippen LogP contribution in [0.5, 0.6) is 23.0 Å². The van der Waals surface area contributed by atoms with E-state index < -0.39 is 0 Å². The third-order valence-electron chi connectivity index (χ3n) is 5.72. The lowest BCUT2D eigenvalue weighted by atomic mass is 10.2. The zero-order chi connectivity index (χ0) is 23.2. The summed E-state index contributed by atoms with van der Waals surface area (Å²) in [5.74, 6) is 2.99. The van der Waals surface area contributed by atoms with Crippen molar-refractivity contribution in [2.75, 3.05) is 52.9 Å². The van der Waals surface area contributed by atoms with E-state index in [9.17, 15) is 0 Å². The van der Waals surface area contributed by atoms with Gasteiger partial charge in [0.2, 0.25) is 0 Å². The summed E-state index contributed by atoms with van der Waals surface area (Å²) >= 11 is 6.23. The zero-order valence-electron chi connectivity index (χ0n) is 19.2. The van der Waals surface area contributed by atoms with E-state index in [1.165, 1.54) is 32.3 Å². The molecule has 0 unspecified atom stereocenters. The number of hydrogen-bond donors (Lipinski definition) is 1. The molecule has 9 heteroatoms. The summed E-state index contributed by atoms with van der Waals surface area (Å²) in [5, 5.41) is 4.55. The maximum Gasteiger partial charge on any atom is 0.163 e. The average molecular weight is 473 g/mol. The highest BCUT2D eigenvalue weighted by atomic mass is 35.5. The first kappa shape index (κ1) is 23.2. The number of likely N-dealkylation sites (tertiary alicyclic amines) is 1. The maximum atomic E-state index is 6.23. The van der Waals surface area contributed by atoms with Crippen molar-refractivity contribution < 1.29 is 18.9 Å². The molecule has 0 radical (unpaired) electrons. The predicted molar refractivity (Wildman–Crippen MR) is 130 cm³/mol. The van der Waals surface area contributed by atoms with Gasteiger partial charge < -0.3 is 29.2 Å². The number of hydrogen-bond acceptors (Lipinski definition) is 8. The van der Waals surface area contributed by atoms with Gasteiger partial charge in [0.1, 0.15) is 23.6 Å². The summed E-state index contributed by atoms with van der Waals surface area (Å²) in [7, 11) is 4.77. The van der Waals surface area contributed by atoms with Crippen molar-refractivity contribution in [2.24, 2.45) is 0 Å². The second kappa shape index (κ2) is 10.8. The Labute approximate surface area is 198 Å². The van der Waals surface area contributed by atoms with Crippen LogP contribution in [-0.2, 0) is 0 Å². The van der Waals surface area contributed by atoms with E-state index >= 15 is 0 Å². The lowest BCUT2D eigenvalue weighted by molar-refractivity contribution is 0.254. The van der Waals surface area contributed by atoms with Gasteiger partial charge in [0.15, 0.2) is 11.5 Å². The van der Waals surface area contributed by atoms with Crippen molar-refractivity contribution in [2.45, 2.75) is 19.3 Å². The number of fused-ring (bicyclic) bond motifs is 1. The van der Waals surface area contributed by atoms with Crippen molar-refractivity contribution in [1.29, 1.82) is 0 Å². The Morgan fingerprint density at radius 2 is 1.67 bits per heavy atom. The van der Waals surface area contributed by atoms with E-state index in [2.05, 4.69) is 20.2 Å². The fourth-order valence-electron chi connectivity index (χ4n) is 4.00. The lowest BCUT2D eigenvalue weighted by Crippen LogP contribution is -2.21. The number of anilines is 2. The van der Waals surface area contributed by atoms with Crippen molar-refractivity contribution in [1.82, 2.24) is 14.9 Å². The van der Waals surface area contributed by atoms with Gasteiger partial charge in [-0.05, 0) is 38.4 Å². The molecule has 1 aliphatic heterocycles. The second-order valence-electron chi connectivity index (χ2n) is 7.81. The number of benzene rings is 2. The molecule has 1 saturated heterocycles. The summed E-state index contributed by atoms with van der Waals surface area (Å²) in [6.45, 7) is 4.06. The molecule has 8 nitrogen and oxygen atoms in total. The lowest BCUT2D eigenvalue weighted by Gasteiger charge is -2.17. The van der Waals surface area contributed by atoms with Crippen LogP contribution >= 0.6 is 11.6 Å². The highest BCUT2D eigenvalue weighted by Crippen LogP contribution is 2.39. The van der Waals surface area contributed by atoms with E-state index in [4.69, 9.17) is 30.5 Å². The van der Waals surface area contributed by atoms with Gasteiger partial charge in [-0.25, -0.2) is 9.97 Å². The van der Waals surface area contributed by atoms with E-state index in [-0.39, 0.29) is 0 Å². The van der Waals surface area contributed by atoms with Gasteiger partial charge in [0, 0.05) is 30.1 Å². The molecule has 3 aromatic rings. The molecule has 0 amide bonds. The summed E-state index contributed by atoms with van der Waals surface area (Å²) in [5.41, 5.74) is 1.41. The van der Waals surface area contributed by atoms with Gasteiger partial charge in [-0.15, -0.1) is 0 Å². The standard InChI is InChI=1S/C24H29ClN4O4/c1-30-20-14-19(21(31-2)12-17(20)25)28-24-16-11-22(32-3)23(13-18(16)26-15-27-24)33-10-6-9-29-7-4-5-8-29/h11-15H,4-10H2,1-3H3,(H,26,27,28). The first-order chi connectivity index (χ1) is 16.1. The fraction of sp³-hybridized carbons (Fsp3) is 0.417. The molecule has 0 atom stereocenters. The van der Waals surface area contributed by atoms with Gasteiger partial charge >= 0.3 is 0 Å². The van der Waals surface area contributed by atoms with Gasteiger partial charge in [0.05, 0.1) is 44.2 Å². The third-order valence-corrected chi connectivity index (χ3v) is 6.02. The smallest absolute Gasteiger partial charge is 0.163 e. The molecule has 1 aliphatic rings. The molecule has 0 spiro atoms. The molecule has 0 bridgehead atoms. The number of nitrogens with one attached hydrogen (secondary N) is 1. The molecule has 0 saturated carbocycles. The first-order valence-electron chi connectivity index (χ1n) is 11.0. The van der Waals surface area contributed by atoms with Gasteiger partial charge in [-0.2, -0.15) is 0 Å². The van der Waals surface area contributed by atoms with E-state index in [1.54, 1.807) is 33.5 Å². The number of ether oxygens (including phenoxy) is 4. The topological polar surface area (TPSA) is 78.0 Å². The van der Waals surface area contributed by atoms with Gasteiger partial charge in [0.25, 0.3) is 0 Å². The number of rotatable bonds is 10. The van der Waals surface area contributed by atoms with Crippen LogP contribution in [0.25, 0.3) is 10.9 Å². The summed E-state index contributed by atoms with van der Waals surface area (Å²) in [6.07, 6.45) is 5.07. The monoisotopic (exact) mass is 472 g/mol. The van der Waals surface area contributed by atoms with Crippen LogP contribution in [0.15, 0.2) is 30.6 Å². The van der Waals surface area contributed by atoms with Crippen molar-refractivity contribution >= 4 is 34.0 Å². The van der Waals surface area contributed by atoms with Gasteiger partial charge in [-0.1, -0.05) is 11.6 Å². The van der Waals surface area contributed by atoms with Crippen LogP contribution < -0.4 is 24.3 Å². The highest BCUT2D eigenvalue weighted by Gasteiger charge is 2.16. The van der Waals surface area contributed by atoms with Crippen LogP contribution in [0.3, 0.4) is 0 Å². The Morgan fingerprint density at radius 3 is 2.39 bits per heavy atom. The van der Waals surface area contributed by atoms with Crippen molar-refractivity contribution in [3.8, 4) is 23.0 Å². The molecule has 4 rings (SSSR count). The van der Waals surface area contributed by atoms with Crippen LogP contribution in [0.2, 0.25) is 5.02 Å². The van der Waals surface area contributed by atoms with Crippen LogP contribution in [-0.4, -0.2) is 62.4 Å². The summed E-state index contributed by atoms with van der Waals surface area (Å²) in [6, 6.07) is 7.23. The molecule has 1 aromatic heterocycles. The van der Waals surface area contributed by atoms with E-state index in [0.717, 1.165) is 23.9 Å². The second-order valence-corrected chi connectivity index (χ2v) is 8.21. The third kappa shape index (κ3) is 5.34. The number of nitrogens with zero attached hydrogens (tertiary/aromatic N) is 3. The molecule has 1 N–H and O–H groups in total. The SMILES string of the molecule is COc1cc(Nc2ncnc3cc(OCCCN4CCCC4)c(OC)cc23)c(OC)cc1Cl. The fourth-order valence-corrected chi connectivity index (χ4v) is 4.23. The molecule has 176 valence electrons. The molecule has 33 heavy (non-hydrogen) atoms. The predicted octanol–water partition coefficient (Wildman–Crippen LogP) is 4.92. The zero-order valence-corrected chi connectivity index (χ0v) is 19.9. The Kier molecular flexibility index (Phi) is 7.57. The number of aromatic nitrogens is 2. The Morgan fingerprint density at radius 1 is 0.909 bits per heavy atom. The van der Waals surface area contributed by atoms with Crippen molar-refractivity contribution in [3.63, 3.8) is 0 Å². The van der Waals surface area contributed by atoms with Gasteiger partial charge in [-0.3, -0.25) is 0 Å². The minimum absolute atomic E-state index is 0.459. The molecule has 0 aliphatic carbocycles. The Hall–Kier alpha value is -2.97. The average Bonchev–Trinajstić information content (AvgIpc) is 3.36. The van der Waals surface area contributed by atoms with Crippen LogP contribution in [0.4, 0.5) is 11.5 Å². The minimum atomic E-state index is 0.459. The van der Waals surface area contributed by atoms with Crippen LogP contribution in [0.1, 0.15) is 19.3 Å². The Balaban J connectivity index is 1.56. The Bertz CT molecular complexity index is 1110. The largest absolute Gasteiger partial charge is 0.495 e. The molecule has 2 heterocycles.